The number of hydrogen-bond acceptors (Lipinski definition) is 3. The lowest BCUT2D eigenvalue weighted by molar-refractivity contribution is 0.104. The van der Waals surface area contributed by atoms with Crippen molar-refractivity contribution in [2.24, 2.45) is 0 Å². The van der Waals surface area contributed by atoms with Gasteiger partial charge < -0.3 is 5.11 Å². The number of benzene rings is 3. The molecule has 0 saturated carbocycles. The van der Waals surface area contributed by atoms with E-state index in [-0.39, 0.29) is 11.5 Å². The minimum absolute atomic E-state index is 0.00390. The topological polar surface area (TPSA) is 50.2 Å². The first kappa shape index (κ1) is 15.5. The largest absolute Gasteiger partial charge is 0.508 e. The molecule has 1 heterocycles. The molecule has 0 unspecified atom stereocenters. The summed E-state index contributed by atoms with van der Waals surface area (Å²) in [4.78, 5) is 18.0. The number of phenols is 1. The zero-order chi connectivity index (χ0) is 18.4. The average molecular weight is 349 g/mol. The number of phenolic OH excluding ortho intramolecular Hbond substituents is 1. The Morgan fingerprint density at radius 3 is 2.07 bits per heavy atom. The summed E-state index contributed by atoms with van der Waals surface area (Å²) in [6.45, 7) is 0. The van der Waals surface area contributed by atoms with Crippen molar-refractivity contribution in [3.8, 4) is 39.4 Å². The van der Waals surface area contributed by atoms with Crippen LogP contribution in [0.25, 0.3) is 33.6 Å². The van der Waals surface area contributed by atoms with Crippen LogP contribution in [0.4, 0.5) is 0 Å². The maximum atomic E-state index is 13.1. The van der Waals surface area contributed by atoms with Gasteiger partial charge in [-0.2, -0.15) is 0 Å². The van der Waals surface area contributed by atoms with Crippen molar-refractivity contribution < 1.29 is 9.90 Å². The van der Waals surface area contributed by atoms with E-state index < -0.39 is 0 Å². The van der Waals surface area contributed by atoms with Crippen LogP contribution in [-0.2, 0) is 0 Å². The van der Waals surface area contributed by atoms with Crippen molar-refractivity contribution in [1.29, 1.82) is 0 Å². The summed E-state index contributed by atoms with van der Waals surface area (Å²) < 4.78 is 0. The van der Waals surface area contributed by atoms with Crippen molar-refractivity contribution >= 4 is 5.78 Å². The highest BCUT2D eigenvalue weighted by Gasteiger charge is 2.31. The van der Waals surface area contributed by atoms with Crippen LogP contribution in [-0.4, -0.2) is 15.9 Å². The molecule has 3 nitrogen and oxygen atoms in total. The number of carbonyl (C=O) groups excluding carboxylic acids is 1. The average Bonchev–Trinajstić information content (AvgIpc) is 3.01. The molecule has 0 amide bonds. The van der Waals surface area contributed by atoms with Crippen LogP contribution < -0.4 is 0 Å². The molecular weight excluding hydrogens is 334 g/mol. The third kappa shape index (κ3) is 2.44. The van der Waals surface area contributed by atoms with Crippen molar-refractivity contribution in [3.63, 3.8) is 0 Å². The molecule has 0 spiro atoms. The number of fused-ring (bicyclic) bond motifs is 3. The number of pyridine rings is 1. The van der Waals surface area contributed by atoms with E-state index in [0.29, 0.717) is 11.1 Å². The summed E-state index contributed by atoms with van der Waals surface area (Å²) in [5, 5.41) is 9.64. The van der Waals surface area contributed by atoms with E-state index in [1.165, 1.54) is 0 Å². The molecular formula is C24H15NO2. The SMILES string of the molecule is O=C1c2ccccc2-c2nc(-c3ccccc3)cc(-c3ccc(O)cc3)c21. The van der Waals surface area contributed by atoms with Crippen LogP contribution in [0.1, 0.15) is 15.9 Å². The molecule has 1 aliphatic rings. The molecule has 128 valence electrons. The van der Waals surface area contributed by atoms with Gasteiger partial charge in [-0.05, 0) is 29.3 Å². The van der Waals surface area contributed by atoms with Crippen molar-refractivity contribution in [2.45, 2.75) is 0 Å². The highest BCUT2D eigenvalue weighted by Crippen LogP contribution is 2.42. The lowest BCUT2D eigenvalue weighted by Gasteiger charge is -2.11. The van der Waals surface area contributed by atoms with E-state index in [0.717, 1.165) is 33.6 Å². The molecule has 1 aromatic heterocycles. The third-order valence-electron chi connectivity index (χ3n) is 4.92. The van der Waals surface area contributed by atoms with Crippen LogP contribution in [0.15, 0.2) is 84.9 Å². The molecule has 4 aromatic rings. The summed E-state index contributed by atoms with van der Waals surface area (Å²) in [6, 6.07) is 26.4. The van der Waals surface area contributed by atoms with Crippen LogP contribution in [0.3, 0.4) is 0 Å². The quantitative estimate of drug-likeness (QED) is 0.468. The van der Waals surface area contributed by atoms with Gasteiger partial charge in [-0.25, -0.2) is 4.98 Å². The summed E-state index contributed by atoms with van der Waals surface area (Å²) in [5.74, 6) is 0.193. The van der Waals surface area contributed by atoms with Gasteiger partial charge in [0.15, 0.2) is 5.78 Å². The molecule has 0 aliphatic heterocycles. The number of aromatic hydroxyl groups is 1. The van der Waals surface area contributed by atoms with Gasteiger partial charge in [0.1, 0.15) is 5.75 Å². The van der Waals surface area contributed by atoms with Gasteiger partial charge in [0.25, 0.3) is 0 Å². The van der Waals surface area contributed by atoms with Gasteiger partial charge in [0, 0.05) is 16.7 Å². The smallest absolute Gasteiger partial charge is 0.196 e. The normalized spacial score (nSPS) is 11.9. The fourth-order valence-corrected chi connectivity index (χ4v) is 3.62. The van der Waals surface area contributed by atoms with Crippen LogP contribution in [0, 0.1) is 0 Å². The van der Waals surface area contributed by atoms with Gasteiger partial charge in [-0.15, -0.1) is 0 Å². The lowest BCUT2D eigenvalue weighted by atomic mass is 9.95. The van der Waals surface area contributed by atoms with E-state index in [9.17, 15) is 9.90 Å². The van der Waals surface area contributed by atoms with E-state index in [1.54, 1.807) is 12.1 Å². The summed E-state index contributed by atoms with van der Waals surface area (Å²) >= 11 is 0. The molecule has 0 atom stereocenters. The maximum Gasteiger partial charge on any atom is 0.196 e. The number of carbonyl (C=O) groups is 1. The standard InChI is InChI=1S/C24H15NO2/c26-17-12-10-15(11-13-17)20-14-21(16-6-2-1-3-7-16)25-23-18-8-4-5-9-19(18)24(27)22(20)23/h1-14,26H. The number of rotatable bonds is 2. The zero-order valence-corrected chi connectivity index (χ0v) is 14.4. The summed E-state index contributed by atoms with van der Waals surface area (Å²) in [6.07, 6.45) is 0. The molecule has 3 heteroatoms. The molecule has 3 aromatic carbocycles. The Morgan fingerprint density at radius 1 is 0.667 bits per heavy atom. The Labute approximate surface area is 156 Å². The van der Waals surface area contributed by atoms with Crippen LogP contribution in [0.2, 0.25) is 0 Å². The molecule has 27 heavy (non-hydrogen) atoms. The van der Waals surface area contributed by atoms with Crippen molar-refractivity contribution in [1.82, 2.24) is 4.98 Å². The highest BCUT2D eigenvalue weighted by atomic mass is 16.3. The second kappa shape index (κ2) is 5.92. The molecule has 0 bridgehead atoms. The minimum atomic E-state index is -0.00390. The fraction of sp³-hybridized carbons (Fsp3) is 0. The van der Waals surface area contributed by atoms with E-state index in [2.05, 4.69) is 0 Å². The molecule has 0 fully saturated rings. The fourth-order valence-electron chi connectivity index (χ4n) is 3.62. The van der Waals surface area contributed by atoms with Gasteiger partial charge in [0.2, 0.25) is 0 Å². The number of ketones is 1. The Balaban J connectivity index is 1.83. The molecule has 0 radical (unpaired) electrons. The Hall–Kier alpha value is -3.72. The van der Waals surface area contributed by atoms with Gasteiger partial charge >= 0.3 is 0 Å². The highest BCUT2D eigenvalue weighted by molar-refractivity contribution is 6.24. The third-order valence-corrected chi connectivity index (χ3v) is 4.92. The van der Waals surface area contributed by atoms with E-state index in [4.69, 9.17) is 4.98 Å². The number of nitrogens with zero attached hydrogens (tertiary/aromatic N) is 1. The summed E-state index contributed by atoms with van der Waals surface area (Å²) in [5.41, 5.74) is 6.44. The maximum absolute atomic E-state index is 13.1. The minimum Gasteiger partial charge on any atom is -0.508 e. The van der Waals surface area contributed by atoms with Crippen LogP contribution in [0.5, 0.6) is 5.75 Å². The second-order valence-electron chi connectivity index (χ2n) is 6.57. The summed E-state index contributed by atoms with van der Waals surface area (Å²) in [7, 11) is 0. The van der Waals surface area contributed by atoms with Gasteiger partial charge in [-0.3, -0.25) is 4.79 Å². The first-order valence-electron chi connectivity index (χ1n) is 8.76. The first-order valence-corrected chi connectivity index (χ1v) is 8.76. The number of aromatic nitrogens is 1. The molecule has 1 aliphatic carbocycles. The number of hydrogen-bond donors (Lipinski definition) is 1. The van der Waals surface area contributed by atoms with Crippen LogP contribution >= 0.6 is 0 Å². The van der Waals surface area contributed by atoms with Crippen molar-refractivity contribution in [2.75, 3.05) is 0 Å². The predicted octanol–water partition coefficient (Wildman–Crippen LogP) is 5.33. The molecule has 5 rings (SSSR count). The predicted molar refractivity (Wildman–Crippen MR) is 106 cm³/mol. The van der Waals surface area contributed by atoms with Gasteiger partial charge in [0.05, 0.1) is 17.0 Å². The second-order valence-corrected chi connectivity index (χ2v) is 6.57. The Kier molecular flexibility index (Phi) is 3.41. The Bertz CT molecular complexity index is 1180. The lowest BCUT2D eigenvalue weighted by Crippen LogP contribution is -2.00. The molecule has 1 N–H and O–H groups in total. The molecule has 0 saturated heterocycles. The van der Waals surface area contributed by atoms with E-state index in [1.807, 2.05) is 72.8 Å². The Morgan fingerprint density at radius 2 is 1.33 bits per heavy atom. The monoisotopic (exact) mass is 349 g/mol. The van der Waals surface area contributed by atoms with E-state index >= 15 is 0 Å². The van der Waals surface area contributed by atoms with Gasteiger partial charge in [-0.1, -0.05) is 66.7 Å². The first-order chi connectivity index (χ1) is 13.2. The zero-order valence-electron chi connectivity index (χ0n) is 14.4. The van der Waals surface area contributed by atoms with Crippen molar-refractivity contribution in [3.05, 3.63) is 96.1 Å².